The van der Waals surface area contributed by atoms with Crippen molar-refractivity contribution >= 4 is 23.4 Å². The predicted octanol–water partition coefficient (Wildman–Crippen LogP) is 5.92. The largest absolute Gasteiger partial charge is 0.444 e. The average Bonchev–Trinajstić information content (AvgIpc) is 3.28. The van der Waals surface area contributed by atoms with E-state index in [4.69, 9.17) is 4.74 Å². The molecule has 1 aromatic carbocycles. The molecule has 7 heteroatoms. The van der Waals surface area contributed by atoms with E-state index < -0.39 is 11.7 Å². The Balaban J connectivity index is 1.42. The van der Waals surface area contributed by atoms with Gasteiger partial charge in [-0.15, -0.1) is 0 Å². The minimum Gasteiger partial charge on any atom is -0.444 e. The number of hydrogen-bond donors (Lipinski definition) is 3. The van der Waals surface area contributed by atoms with Crippen LogP contribution in [0.25, 0.3) is 0 Å². The van der Waals surface area contributed by atoms with E-state index in [0.717, 1.165) is 17.8 Å². The molecule has 3 N–H and O–H groups in total. The Hall–Kier alpha value is -2.44. The molecule has 2 amide bonds. The number of hydrogen-bond acceptors (Lipinski definition) is 5. The van der Waals surface area contributed by atoms with Crippen LogP contribution in [-0.4, -0.2) is 53.7 Å². The van der Waals surface area contributed by atoms with Crippen LogP contribution in [0, 0.1) is 0 Å². The molecular formula is C28H44N4O3. The maximum absolute atomic E-state index is 13.4. The van der Waals surface area contributed by atoms with Crippen molar-refractivity contribution in [2.45, 2.75) is 115 Å². The van der Waals surface area contributed by atoms with Gasteiger partial charge >= 0.3 is 6.09 Å². The number of rotatable bonds is 6. The first kappa shape index (κ1) is 25.6. The van der Waals surface area contributed by atoms with Crippen molar-refractivity contribution in [3.8, 4) is 0 Å². The molecular weight excluding hydrogens is 440 g/mol. The van der Waals surface area contributed by atoms with E-state index in [1.165, 1.54) is 64.2 Å². The van der Waals surface area contributed by atoms with Crippen LogP contribution >= 0.6 is 0 Å². The molecule has 0 radical (unpaired) electrons. The van der Waals surface area contributed by atoms with Crippen LogP contribution < -0.4 is 16.0 Å². The molecule has 1 heterocycles. The Kier molecular flexibility index (Phi) is 8.45. The third kappa shape index (κ3) is 7.52. The fourth-order valence-electron chi connectivity index (χ4n) is 5.58. The summed E-state index contributed by atoms with van der Waals surface area (Å²) in [4.78, 5) is 27.4. The SMILES string of the molecule is CC(C)(C)OC(=O)NC1CCN(C(=O)c2ccc(NC3CCCCC3)c(NC3CCCCC3)c2)C1. The number of alkyl carbamates (subject to hydrolysis) is 1. The van der Waals surface area contributed by atoms with Crippen molar-refractivity contribution in [2.24, 2.45) is 0 Å². The van der Waals surface area contributed by atoms with Crippen LogP contribution in [0.5, 0.6) is 0 Å². The second-order valence-electron chi connectivity index (χ2n) is 11.6. The molecule has 1 aliphatic heterocycles. The lowest BCUT2D eigenvalue weighted by molar-refractivity contribution is 0.0502. The quantitative estimate of drug-likeness (QED) is 0.467. The Morgan fingerprint density at radius 2 is 1.43 bits per heavy atom. The second kappa shape index (κ2) is 11.5. The van der Waals surface area contributed by atoms with E-state index in [2.05, 4.69) is 22.0 Å². The lowest BCUT2D eigenvalue weighted by Gasteiger charge is -2.29. The third-order valence-electron chi connectivity index (χ3n) is 7.39. The number of anilines is 2. The molecule has 1 saturated heterocycles. The highest BCUT2D eigenvalue weighted by Gasteiger charge is 2.30. The van der Waals surface area contributed by atoms with Crippen molar-refractivity contribution in [1.29, 1.82) is 0 Å². The molecule has 2 aliphatic carbocycles. The van der Waals surface area contributed by atoms with Crippen LogP contribution in [0.15, 0.2) is 18.2 Å². The van der Waals surface area contributed by atoms with Gasteiger partial charge in [-0.05, 0) is 71.1 Å². The van der Waals surface area contributed by atoms with Crippen LogP contribution in [0.3, 0.4) is 0 Å². The third-order valence-corrected chi connectivity index (χ3v) is 7.39. The van der Waals surface area contributed by atoms with Gasteiger partial charge in [0.15, 0.2) is 0 Å². The average molecular weight is 485 g/mol. The zero-order chi connectivity index (χ0) is 24.8. The summed E-state index contributed by atoms with van der Waals surface area (Å²) in [5, 5.41) is 10.5. The maximum atomic E-state index is 13.4. The zero-order valence-electron chi connectivity index (χ0n) is 21.8. The Morgan fingerprint density at radius 1 is 0.829 bits per heavy atom. The smallest absolute Gasteiger partial charge is 0.407 e. The van der Waals surface area contributed by atoms with Crippen LogP contribution in [-0.2, 0) is 4.74 Å². The van der Waals surface area contributed by atoms with Gasteiger partial charge in [0.25, 0.3) is 5.91 Å². The second-order valence-corrected chi connectivity index (χ2v) is 11.6. The van der Waals surface area contributed by atoms with E-state index >= 15 is 0 Å². The fourth-order valence-corrected chi connectivity index (χ4v) is 5.58. The lowest BCUT2D eigenvalue weighted by Crippen LogP contribution is -2.41. The monoisotopic (exact) mass is 484 g/mol. The van der Waals surface area contributed by atoms with Crippen molar-refractivity contribution in [2.75, 3.05) is 23.7 Å². The van der Waals surface area contributed by atoms with Gasteiger partial charge in [0.2, 0.25) is 0 Å². The summed E-state index contributed by atoms with van der Waals surface area (Å²) in [6.07, 6.45) is 12.9. The molecule has 2 saturated carbocycles. The van der Waals surface area contributed by atoms with Gasteiger partial charge in [-0.3, -0.25) is 4.79 Å². The van der Waals surface area contributed by atoms with Gasteiger partial charge in [0.05, 0.1) is 17.4 Å². The number of benzene rings is 1. The summed E-state index contributed by atoms with van der Waals surface area (Å²) in [7, 11) is 0. The molecule has 194 valence electrons. The minimum atomic E-state index is -0.534. The number of nitrogens with one attached hydrogen (secondary N) is 3. The van der Waals surface area contributed by atoms with Crippen molar-refractivity contribution in [3.63, 3.8) is 0 Å². The summed E-state index contributed by atoms with van der Waals surface area (Å²) < 4.78 is 5.37. The van der Waals surface area contributed by atoms with Crippen LogP contribution in [0.1, 0.15) is 102 Å². The highest BCUT2D eigenvalue weighted by Crippen LogP contribution is 2.31. The van der Waals surface area contributed by atoms with Gasteiger partial charge < -0.3 is 25.6 Å². The van der Waals surface area contributed by atoms with Gasteiger partial charge in [0, 0.05) is 30.7 Å². The first-order valence-electron chi connectivity index (χ1n) is 13.7. The topological polar surface area (TPSA) is 82.7 Å². The summed E-state index contributed by atoms with van der Waals surface area (Å²) in [6.45, 7) is 6.69. The Morgan fingerprint density at radius 3 is 2.03 bits per heavy atom. The summed E-state index contributed by atoms with van der Waals surface area (Å²) in [5.74, 6) is 0.0226. The van der Waals surface area contributed by atoms with Crippen LogP contribution in [0.4, 0.5) is 16.2 Å². The molecule has 0 spiro atoms. The first-order chi connectivity index (χ1) is 16.8. The lowest BCUT2D eigenvalue weighted by atomic mass is 9.94. The van der Waals surface area contributed by atoms with E-state index in [-0.39, 0.29) is 11.9 Å². The van der Waals surface area contributed by atoms with Crippen molar-refractivity contribution in [3.05, 3.63) is 23.8 Å². The molecule has 0 aromatic heterocycles. The summed E-state index contributed by atoms with van der Waals surface area (Å²) >= 11 is 0. The van der Waals surface area contributed by atoms with Crippen molar-refractivity contribution in [1.82, 2.24) is 10.2 Å². The number of ether oxygens (including phenoxy) is 1. The first-order valence-corrected chi connectivity index (χ1v) is 13.7. The van der Waals surface area contributed by atoms with E-state index in [0.29, 0.717) is 30.7 Å². The van der Waals surface area contributed by atoms with E-state index in [9.17, 15) is 9.59 Å². The molecule has 4 rings (SSSR count). The summed E-state index contributed by atoms with van der Waals surface area (Å²) in [5.41, 5.74) is 2.34. The van der Waals surface area contributed by atoms with Crippen LogP contribution in [0.2, 0.25) is 0 Å². The van der Waals surface area contributed by atoms with Gasteiger partial charge in [-0.25, -0.2) is 4.79 Å². The normalized spacial score (nSPS) is 22.0. The molecule has 3 aliphatic rings. The van der Waals surface area contributed by atoms with Crippen molar-refractivity contribution < 1.29 is 14.3 Å². The zero-order valence-corrected chi connectivity index (χ0v) is 21.8. The van der Waals surface area contributed by atoms with E-state index in [1.54, 1.807) is 0 Å². The molecule has 1 atom stereocenters. The number of carbonyl (C=O) groups is 2. The number of likely N-dealkylation sites (tertiary alicyclic amines) is 1. The standard InChI is InChI=1S/C28H44N4O3/c1-28(2,3)35-27(34)31-23-16-17-32(19-23)26(33)20-14-15-24(29-21-10-6-4-7-11-21)25(18-20)30-22-12-8-5-9-13-22/h14-15,18,21-23,29-30H,4-13,16-17,19H2,1-3H3,(H,31,34). The van der Waals surface area contributed by atoms with E-state index in [1.807, 2.05) is 37.8 Å². The number of amides is 2. The highest BCUT2D eigenvalue weighted by atomic mass is 16.6. The summed E-state index contributed by atoms with van der Waals surface area (Å²) in [6, 6.07) is 6.97. The molecule has 3 fully saturated rings. The van der Waals surface area contributed by atoms with Gasteiger partial charge in [-0.1, -0.05) is 38.5 Å². The molecule has 7 nitrogen and oxygen atoms in total. The maximum Gasteiger partial charge on any atom is 0.407 e. The van der Waals surface area contributed by atoms with Gasteiger partial charge in [-0.2, -0.15) is 0 Å². The fraction of sp³-hybridized carbons (Fsp3) is 0.714. The Labute approximate surface area is 210 Å². The molecule has 1 unspecified atom stereocenters. The molecule has 1 aromatic rings. The number of nitrogens with zero attached hydrogens (tertiary/aromatic N) is 1. The molecule has 0 bridgehead atoms. The predicted molar refractivity (Wildman–Crippen MR) is 141 cm³/mol. The Bertz CT molecular complexity index is 869. The number of carbonyl (C=O) groups excluding carboxylic acids is 2. The highest BCUT2D eigenvalue weighted by molar-refractivity contribution is 5.96. The molecule has 35 heavy (non-hydrogen) atoms. The minimum absolute atomic E-state index is 0.0226. The van der Waals surface area contributed by atoms with Gasteiger partial charge in [0.1, 0.15) is 5.60 Å².